The van der Waals surface area contributed by atoms with Crippen molar-refractivity contribution in [3.05, 3.63) is 48.5 Å². The maximum atomic E-state index is 13.4. The summed E-state index contributed by atoms with van der Waals surface area (Å²) in [5.41, 5.74) is 2.03. The Hall–Kier alpha value is -1.61. The van der Waals surface area contributed by atoms with Gasteiger partial charge < -0.3 is 14.0 Å². The normalized spacial score (nSPS) is 24.4. The summed E-state index contributed by atoms with van der Waals surface area (Å²) in [7, 11) is -2.90. The minimum Gasteiger partial charge on any atom is -0.439 e. The van der Waals surface area contributed by atoms with E-state index in [0.29, 0.717) is 31.5 Å². The van der Waals surface area contributed by atoms with Gasteiger partial charge >= 0.3 is 0 Å². The third kappa shape index (κ3) is 3.07. The molecule has 2 aromatic rings. The van der Waals surface area contributed by atoms with Crippen molar-refractivity contribution in [2.24, 2.45) is 0 Å². The summed E-state index contributed by atoms with van der Waals surface area (Å²) in [6.45, 7) is 2.01. The molecule has 0 radical (unpaired) electrons. The van der Waals surface area contributed by atoms with Crippen molar-refractivity contribution >= 4 is 12.7 Å². The first kappa shape index (κ1) is 14.9. The third-order valence-corrected chi connectivity index (χ3v) is 6.66. The molecular weight excluding hydrogens is 311 g/mol. The van der Waals surface area contributed by atoms with Crippen molar-refractivity contribution in [2.45, 2.75) is 12.5 Å². The fourth-order valence-electron chi connectivity index (χ4n) is 2.90. The summed E-state index contributed by atoms with van der Waals surface area (Å²) in [6, 6.07) is 15.6. The molecule has 2 atom stereocenters. The van der Waals surface area contributed by atoms with E-state index in [-0.39, 0.29) is 6.10 Å². The number of para-hydroxylation sites is 1. The van der Waals surface area contributed by atoms with E-state index in [0.717, 1.165) is 23.0 Å². The fourth-order valence-corrected chi connectivity index (χ4v) is 5.22. The molecule has 1 saturated heterocycles. The monoisotopic (exact) mass is 330 g/mol. The summed E-state index contributed by atoms with van der Waals surface area (Å²) in [4.78, 5) is 0. The second-order valence-corrected chi connectivity index (χ2v) is 8.34. The van der Waals surface area contributed by atoms with E-state index in [9.17, 15) is 4.57 Å². The minimum absolute atomic E-state index is 0.268. The van der Waals surface area contributed by atoms with Gasteiger partial charge in [0.2, 0.25) is 0 Å². The Morgan fingerprint density at radius 2 is 1.83 bits per heavy atom. The molecule has 0 bridgehead atoms. The lowest BCUT2D eigenvalue weighted by Gasteiger charge is -2.28. The summed E-state index contributed by atoms with van der Waals surface area (Å²) >= 11 is 0. The highest BCUT2D eigenvalue weighted by Gasteiger charge is 2.35. The second-order valence-electron chi connectivity index (χ2n) is 5.89. The van der Waals surface area contributed by atoms with Gasteiger partial charge in [-0.25, -0.2) is 0 Å². The predicted octanol–water partition coefficient (Wildman–Crippen LogP) is 3.45. The maximum absolute atomic E-state index is 13.4. The molecule has 2 aromatic carbocycles. The fraction of sp³-hybridized carbons (Fsp3) is 0.333. The minimum atomic E-state index is -2.90. The van der Waals surface area contributed by atoms with E-state index in [2.05, 4.69) is 0 Å². The zero-order valence-electron chi connectivity index (χ0n) is 12.8. The van der Waals surface area contributed by atoms with E-state index in [4.69, 9.17) is 14.0 Å². The Morgan fingerprint density at radius 3 is 2.65 bits per heavy atom. The molecule has 0 aliphatic carbocycles. The van der Waals surface area contributed by atoms with E-state index in [1.54, 1.807) is 0 Å². The molecule has 0 saturated carbocycles. The van der Waals surface area contributed by atoms with Gasteiger partial charge in [-0.3, -0.25) is 4.57 Å². The van der Waals surface area contributed by atoms with Gasteiger partial charge in [0.1, 0.15) is 11.9 Å². The summed E-state index contributed by atoms with van der Waals surface area (Å²) in [6.07, 6.45) is 1.47. The van der Waals surface area contributed by atoms with Crippen LogP contribution >= 0.6 is 7.37 Å². The second kappa shape index (κ2) is 6.12. The molecule has 0 amide bonds. The molecule has 23 heavy (non-hydrogen) atoms. The Morgan fingerprint density at radius 1 is 1.09 bits per heavy atom. The van der Waals surface area contributed by atoms with Crippen molar-refractivity contribution in [1.82, 2.24) is 0 Å². The lowest BCUT2D eigenvalue weighted by molar-refractivity contribution is 0.117. The van der Waals surface area contributed by atoms with Crippen molar-refractivity contribution in [1.29, 1.82) is 0 Å². The lowest BCUT2D eigenvalue weighted by atomic mass is 10.0. The van der Waals surface area contributed by atoms with Gasteiger partial charge in [0.05, 0.1) is 18.5 Å². The molecule has 5 heteroatoms. The van der Waals surface area contributed by atoms with Crippen LogP contribution in [0.15, 0.2) is 48.5 Å². The first-order valence-corrected chi connectivity index (χ1v) is 9.74. The molecular formula is C18H19O4P. The zero-order chi connectivity index (χ0) is 15.7. The summed E-state index contributed by atoms with van der Waals surface area (Å²) in [5, 5.41) is 0.823. The van der Waals surface area contributed by atoms with Gasteiger partial charge in [-0.05, 0) is 24.1 Å². The highest BCUT2D eigenvalue weighted by molar-refractivity contribution is 7.67. The molecule has 4 nitrogen and oxygen atoms in total. The van der Waals surface area contributed by atoms with Crippen molar-refractivity contribution < 1.29 is 18.6 Å². The van der Waals surface area contributed by atoms with Crippen LogP contribution in [0.25, 0.3) is 11.1 Å². The Balaban J connectivity index is 1.53. The quantitative estimate of drug-likeness (QED) is 0.462. The van der Waals surface area contributed by atoms with Crippen LogP contribution in [0.2, 0.25) is 0 Å². The van der Waals surface area contributed by atoms with Crippen LogP contribution in [-0.2, 0) is 14.0 Å². The van der Waals surface area contributed by atoms with E-state index >= 15 is 0 Å². The average molecular weight is 330 g/mol. The molecule has 0 aromatic heterocycles. The number of hydrogen-bond acceptors (Lipinski definition) is 4. The number of benzene rings is 2. The molecule has 2 unspecified atom stereocenters. The summed E-state index contributed by atoms with van der Waals surface area (Å²) in [5.74, 6) is 0.710. The van der Waals surface area contributed by atoms with Gasteiger partial charge in [0, 0.05) is 18.3 Å². The van der Waals surface area contributed by atoms with Crippen LogP contribution in [0.1, 0.15) is 6.42 Å². The smallest absolute Gasteiger partial charge is 0.277 e. The van der Waals surface area contributed by atoms with Gasteiger partial charge in [0.15, 0.2) is 0 Å². The molecule has 4 rings (SSSR count). The first-order chi connectivity index (χ1) is 11.3. The topological polar surface area (TPSA) is 48.1 Å². The van der Waals surface area contributed by atoms with Crippen LogP contribution in [-0.4, -0.2) is 32.1 Å². The molecule has 120 valence electrons. The zero-order valence-corrected chi connectivity index (χ0v) is 13.7. The Bertz CT molecular complexity index is 754. The standard InChI is InChI=1S/C18H19O4P/c19-23(11-5-10-20-12-14-13-21-14)18-9-4-2-7-16(18)15-6-1-3-8-17(15)22-23/h1-4,6-9,14H,5,10-13H2. The maximum Gasteiger partial charge on any atom is 0.277 e. The van der Waals surface area contributed by atoms with Crippen LogP contribution < -0.4 is 9.83 Å². The lowest BCUT2D eigenvalue weighted by Crippen LogP contribution is -2.20. The largest absolute Gasteiger partial charge is 0.439 e. The molecule has 2 heterocycles. The van der Waals surface area contributed by atoms with E-state index in [1.807, 2.05) is 48.5 Å². The van der Waals surface area contributed by atoms with E-state index in [1.165, 1.54) is 0 Å². The molecule has 2 aliphatic rings. The van der Waals surface area contributed by atoms with E-state index < -0.39 is 7.37 Å². The van der Waals surface area contributed by atoms with Gasteiger partial charge in [0.25, 0.3) is 7.37 Å². The first-order valence-electron chi connectivity index (χ1n) is 7.93. The SMILES string of the molecule is O=P1(CCCOCC2CO2)Oc2ccccc2-c2ccccc21. The summed E-state index contributed by atoms with van der Waals surface area (Å²) < 4.78 is 30.0. The van der Waals surface area contributed by atoms with Crippen LogP contribution in [0, 0.1) is 0 Å². The van der Waals surface area contributed by atoms with Gasteiger partial charge in [-0.1, -0.05) is 36.4 Å². The molecule has 0 N–H and O–H groups in total. The Kier molecular flexibility index (Phi) is 3.98. The van der Waals surface area contributed by atoms with Gasteiger partial charge in [-0.2, -0.15) is 0 Å². The van der Waals surface area contributed by atoms with Crippen molar-refractivity contribution in [3.8, 4) is 16.9 Å². The molecule has 1 fully saturated rings. The average Bonchev–Trinajstić information content (AvgIpc) is 3.39. The number of fused-ring (bicyclic) bond motifs is 3. The van der Waals surface area contributed by atoms with Crippen molar-refractivity contribution in [3.63, 3.8) is 0 Å². The van der Waals surface area contributed by atoms with Crippen LogP contribution in [0.5, 0.6) is 5.75 Å². The Labute approximate surface area is 135 Å². The van der Waals surface area contributed by atoms with Crippen molar-refractivity contribution in [2.75, 3.05) is 26.0 Å². The number of rotatable bonds is 6. The van der Waals surface area contributed by atoms with Crippen LogP contribution in [0.4, 0.5) is 0 Å². The highest BCUT2D eigenvalue weighted by Crippen LogP contribution is 2.54. The number of hydrogen-bond donors (Lipinski definition) is 0. The molecule has 2 aliphatic heterocycles. The highest BCUT2D eigenvalue weighted by atomic mass is 31.2. The number of ether oxygens (including phenoxy) is 2. The third-order valence-electron chi connectivity index (χ3n) is 4.14. The predicted molar refractivity (Wildman–Crippen MR) is 89.8 cm³/mol. The van der Waals surface area contributed by atoms with Crippen LogP contribution in [0.3, 0.4) is 0 Å². The number of epoxide rings is 1. The van der Waals surface area contributed by atoms with Gasteiger partial charge in [-0.15, -0.1) is 0 Å². The molecule has 0 spiro atoms.